The number of aromatic nitrogens is 3. The third kappa shape index (κ3) is 5.81. The Morgan fingerprint density at radius 3 is 2.23 bits per heavy atom. The number of carbonyl (C=O) groups excluding carboxylic acids is 1. The number of sulfone groups is 1. The average Bonchev–Trinajstić information content (AvgIpc) is 3.39. The number of carbonyl (C=O) groups is 1. The number of methoxy groups -OCH3 is 2. The van der Waals surface area contributed by atoms with Gasteiger partial charge in [-0.15, -0.1) is 0 Å². The molecule has 10 heteroatoms. The number of rotatable bonds is 10. The molecule has 5 rings (SSSR count). The molecule has 0 amide bonds. The Morgan fingerprint density at radius 1 is 0.875 bits per heavy atom. The lowest BCUT2D eigenvalue weighted by Gasteiger charge is -2.14. The standard InChI is InChI=1S/C30H28N4O5S/c1-34-13-7-12-28(34)29(35)15-20-8-6-9-24(14-20)40(36,37)19-27-30(33-26-11-5-4-10-25(26)32-27)31-21-16-22(38-2)18-23(17-21)39-3/h4-14,16-18H,15,19H2,1-3H3,(H,31,33). The van der Waals surface area contributed by atoms with Gasteiger partial charge in [0.15, 0.2) is 21.4 Å². The van der Waals surface area contributed by atoms with Crippen LogP contribution in [0.2, 0.25) is 0 Å². The molecule has 3 aromatic carbocycles. The van der Waals surface area contributed by atoms with Crippen molar-refractivity contribution in [3.05, 3.63) is 102 Å². The number of para-hydroxylation sites is 2. The molecule has 0 atom stereocenters. The molecule has 40 heavy (non-hydrogen) atoms. The summed E-state index contributed by atoms with van der Waals surface area (Å²) in [4.78, 5) is 22.2. The number of aryl methyl sites for hydroxylation is 1. The highest BCUT2D eigenvalue weighted by Crippen LogP contribution is 2.30. The number of fused-ring (bicyclic) bond motifs is 1. The fourth-order valence-corrected chi connectivity index (χ4v) is 5.74. The summed E-state index contributed by atoms with van der Waals surface area (Å²) >= 11 is 0. The Kier molecular flexibility index (Phi) is 7.52. The predicted molar refractivity (Wildman–Crippen MR) is 153 cm³/mol. The summed E-state index contributed by atoms with van der Waals surface area (Å²) in [6, 6.07) is 22.5. The van der Waals surface area contributed by atoms with Crippen LogP contribution in [0, 0.1) is 0 Å². The highest BCUT2D eigenvalue weighted by Gasteiger charge is 2.22. The largest absolute Gasteiger partial charge is 0.497 e. The molecule has 0 bridgehead atoms. The quantitative estimate of drug-likeness (QED) is 0.236. The van der Waals surface area contributed by atoms with Crippen LogP contribution in [0.1, 0.15) is 21.7 Å². The third-order valence-electron chi connectivity index (χ3n) is 6.44. The van der Waals surface area contributed by atoms with Crippen LogP contribution in [0.15, 0.2) is 90.0 Å². The zero-order chi connectivity index (χ0) is 28.3. The first-order chi connectivity index (χ1) is 19.3. The number of nitrogens with zero attached hydrogens (tertiary/aromatic N) is 3. The van der Waals surface area contributed by atoms with E-state index >= 15 is 0 Å². The van der Waals surface area contributed by atoms with Gasteiger partial charge in [-0.2, -0.15) is 0 Å². The molecule has 0 saturated heterocycles. The first-order valence-electron chi connectivity index (χ1n) is 12.5. The Hall–Kier alpha value is -4.70. The third-order valence-corrected chi connectivity index (χ3v) is 8.06. The van der Waals surface area contributed by atoms with Gasteiger partial charge < -0.3 is 19.4 Å². The normalized spacial score (nSPS) is 11.4. The molecule has 0 unspecified atom stereocenters. The molecular formula is C30H28N4O5S. The first-order valence-corrected chi connectivity index (χ1v) is 14.1. The summed E-state index contributed by atoms with van der Waals surface area (Å²) in [6.45, 7) is 0. The molecule has 0 aliphatic carbocycles. The van der Waals surface area contributed by atoms with E-state index in [0.29, 0.717) is 45.3 Å². The van der Waals surface area contributed by atoms with E-state index in [9.17, 15) is 13.2 Å². The van der Waals surface area contributed by atoms with Gasteiger partial charge in [-0.25, -0.2) is 18.4 Å². The zero-order valence-corrected chi connectivity index (χ0v) is 23.1. The van der Waals surface area contributed by atoms with Gasteiger partial charge in [0, 0.05) is 43.6 Å². The number of nitrogens with one attached hydrogen (secondary N) is 1. The van der Waals surface area contributed by atoms with Crippen molar-refractivity contribution < 1.29 is 22.7 Å². The summed E-state index contributed by atoms with van der Waals surface area (Å²) in [5.74, 6) is 0.928. The van der Waals surface area contributed by atoms with Crippen LogP contribution in [0.3, 0.4) is 0 Å². The van der Waals surface area contributed by atoms with E-state index in [1.165, 1.54) is 6.07 Å². The maximum absolute atomic E-state index is 13.6. The summed E-state index contributed by atoms with van der Waals surface area (Å²) in [6.07, 6.45) is 1.88. The van der Waals surface area contributed by atoms with Gasteiger partial charge >= 0.3 is 0 Å². The smallest absolute Gasteiger partial charge is 0.184 e. The van der Waals surface area contributed by atoms with Crippen LogP contribution in [0.5, 0.6) is 11.5 Å². The minimum atomic E-state index is -3.85. The number of ether oxygens (including phenoxy) is 2. The lowest BCUT2D eigenvalue weighted by Crippen LogP contribution is -2.12. The molecule has 2 aromatic heterocycles. The summed E-state index contributed by atoms with van der Waals surface area (Å²) in [5, 5.41) is 3.20. The minimum absolute atomic E-state index is 0.0848. The number of ketones is 1. The summed E-state index contributed by atoms with van der Waals surface area (Å²) in [7, 11) is 1.05. The molecule has 204 valence electrons. The second-order valence-corrected chi connectivity index (χ2v) is 11.2. The second kappa shape index (κ2) is 11.2. The van der Waals surface area contributed by atoms with E-state index < -0.39 is 15.6 Å². The maximum atomic E-state index is 13.6. The van der Waals surface area contributed by atoms with Crippen molar-refractivity contribution in [2.75, 3.05) is 19.5 Å². The lowest BCUT2D eigenvalue weighted by molar-refractivity contribution is 0.0985. The molecule has 0 spiro atoms. The Morgan fingerprint density at radius 2 is 1.57 bits per heavy atom. The second-order valence-electron chi connectivity index (χ2n) is 9.24. The number of benzene rings is 3. The highest BCUT2D eigenvalue weighted by atomic mass is 32.2. The van der Waals surface area contributed by atoms with Gasteiger partial charge in [0.25, 0.3) is 0 Å². The van der Waals surface area contributed by atoms with Gasteiger partial charge in [0.1, 0.15) is 17.3 Å². The van der Waals surface area contributed by atoms with Crippen LogP contribution < -0.4 is 14.8 Å². The topological polar surface area (TPSA) is 112 Å². The Balaban J connectivity index is 1.48. The van der Waals surface area contributed by atoms with E-state index in [1.54, 1.807) is 86.6 Å². The van der Waals surface area contributed by atoms with E-state index in [1.807, 2.05) is 18.2 Å². The van der Waals surface area contributed by atoms with Crippen molar-refractivity contribution in [1.29, 1.82) is 0 Å². The number of hydrogen-bond acceptors (Lipinski definition) is 8. The molecule has 0 radical (unpaired) electrons. The SMILES string of the molecule is COc1cc(Nc2nc3ccccc3nc2CS(=O)(=O)c2cccc(CC(=O)c3cccn3C)c2)cc(OC)c1. The van der Waals surface area contributed by atoms with Crippen molar-refractivity contribution in [3.63, 3.8) is 0 Å². The van der Waals surface area contributed by atoms with Crippen molar-refractivity contribution in [2.45, 2.75) is 17.1 Å². The number of Topliss-reactive ketones (excluding diaryl/α,β-unsaturated/α-hetero) is 1. The monoisotopic (exact) mass is 556 g/mol. The zero-order valence-electron chi connectivity index (χ0n) is 22.3. The number of anilines is 2. The molecular weight excluding hydrogens is 528 g/mol. The van der Waals surface area contributed by atoms with Gasteiger partial charge in [0.05, 0.1) is 41.5 Å². The van der Waals surface area contributed by atoms with Gasteiger partial charge in [-0.3, -0.25) is 4.79 Å². The van der Waals surface area contributed by atoms with Gasteiger partial charge in [0.2, 0.25) is 0 Å². The molecule has 2 heterocycles. The van der Waals surface area contributed by atoms with Crippen LogP contribution in [-0.2, 0) is 29.1 Å². The molecule has 0 aliphatic heterocycles. The maximum Gasteiger partial charge on any atom is 0.184 e. The van der Waals surface area contributed by atoms with E-state index in [0.717, 1.165) is 0 Å². The lowest BCUT2D eigenvalue weighted by atomic mass is 10.1. The first kappa shape index (κ1) is 26.9. The molecule has 0 aliphatic rings. The highest BCUT2D eigenvalue weighted by molar-refractivity contribution is 7.90. The average molecular weight is 557 g/mol. The fraction of sp³-hybridized carbons (Fsp3) is 0.167. The molecule has 9 nitrogen and oxygen atoms in total. The van der Waals surface area contributed by atoms with E-state index in [4.69, 9.17) is 9.47 Å². The Labute approximate surface area is 232 Å². The summed E-state index contributed by atoms with van der Waals surface area (Å²) < 4.78 is 39.8. The fourth-order valence-electron chi connectivity index (χ4n) is 4.39. The van der Waals surface area contributed by atoms with Crippen molar-refractivity contribution in [3.8, 4) is 11.5 Å². The molecule has 0 saturated carbocycles. The van der Waals surface area contributed by atoms with Crippen molar-refractivity contribution in [2.24, 2.45) is 7.05 Å². The van der Waals surface area contributed by atoms with Gasteiger partial charge in [-0.1, -0.05) is 24.3 Å². The van der Waals surface area contributed by atoms with Crippen LogP contribution >= 0.6 is 0 Å². The van der Waals surface area contributed by atoms with Crippen LogP contribution in [0.4, 0.5) is 11.5 Å². The molecule has 1 N–H and O–H groups in total. The van der Waals surface area contributed by atoms with Crippen LogP contribution in [0.25, 0.3) is 11.0 Å². The van der Waals surface area contributed by atoms with Crippen molar-refractivity contribution in [1.82, 2.24) is 14.5 Å². The summed E-state index contributed by atoms with van der Waals surface area (Å²) in [5.41, 5.74) is 3.21. The van der Waals surface area contributed by atoms with E-state index in [2.05, 4.69) is 15.3 Å². The van der Waals surface area contributed by atoms with E-state index in [-0.39, 0.29) is 22.8 Å². The Bertz CT molecular complexity index is 1790. The molecule has 0 fully saturated rings. The van der Waals surface area contributed by atoms with Crippen LogP contribution in [-0.4, -0.2) is 43.0 Å². The van der Waals surface area contributed by atoms with Crippen molar-refractivity contribution >= 4 is 38.2 Å². The molecule has 5 aromatic rings. The predicted octanol–water partition coefficient (Wildman–Crippen LogP) is 5.13. The van der Waals surface area contributed by atoms with Gasteiger partial charge in [-0.05, 0) is 42.0 Å². The number of hydrogen-bond donors (Lipinski definition) is 1. The minimum Gasteiger partial charge on any atom is -0.497 e.